The Morgan fingerprint density at radius 3 is 2.69 bits per heavy atom. The molecule has 7 nitrogen and oxygen atoms in total. The van der Waals surface area contributed by atoms with Gasteiger partial charge in [-0.1, -0.05) is 18.6 Å². The van der Waals surface area contributed by atoms with Crippen LogP contribution in [0.1, 0.15) is 44.6 Å². The highest BCUT2D eigenvalue weighted by atomic mass is 16.5. The Labute approximate surface area is 172 Å². The predicted molar refractivity (Wildman–Crippen MR) is 114 cm³/mol. The summed E-state index contributed by atoms with van der Waals surface area (Å²) in [5, 5.41) is 6.40. The van der Waals surface area contributed by atoms with Gasteiger partial charge in [-0.2, -0.15) is 0 Å². The second-order valence-corrected chi connectivity index (χ2v) is 7.76. The number of hydrogen-bond donors (Lipinski definition) is 2. The second kappa shape index (κ2) is 10.3. The molecule has 1 amide bonds. The zero-order valence-corrected chi connectivity index (χ0v) is 17.4. The van der Waals surface area contributed by atoms with Crippen LogP contribution in [0.4, 0.5) is 5.69 Å². The zero-order valence-electron chi connectivity index (χ0n) is 17.4. The molecule has 158 valence electrons. The normalized spacial score (nSPS) is 20.0. The summed E-state index contributed by atoms with van der Waals surface area (Å²) < 4.78 is 5.19. The fourth-order valence-electron chi connectivity index (χ4n) is 3.81. The van der Waals surface area contributed by atoms with Crippen LogP contribution in [-0.2, 0) is 20.9 Å². The molecule has 3 rings (SSSR count). The lowest BCUT2D eigenvalue weighted by Gasteiger charge is -2.34. The van der Waals surface area contributed by atoms with E-state index in [0.29, 0.717) is 19.7 Å². The lowest BCUT2D eigenvalue weighted by Crippen LogP contribution is -2.48. The molecule has 1 atom stereocenters. The molecule has 2 N–H and O–H groups in total. The van der Waals surface area contributed by atoms with Crippen LogP contribution in [-0.4, -0.2) is 49.5 Å². The van der Waals surface area contributed by atoms with Crippen LogP contribution in [0.2, 0.25) is 0 Å². The van der Waals surface area contributed by atoms with E-state index in [9.17, 15) is 9.59 Å². The molecule has 1 aliphatic heterocycles. The molecule has 2 fully saturated rings. The van der Waals surface area contributed by atoms with E-state index in [1.807, 2.05) is 31.2 Å². The van der Waals surface area contributed by atoms with Gasteiger partial charge in [-0.15, -0.1) is 0 Å². The molecule has 29 heavy (non-hydrogen) atoms. The highest BCUT2D eigenvalue weighted by Crippen LogP contribution is 2.27. The van der Waals surface area contributed by atoms with Crippen molar-refractivity contribution < 1.29 is 14.3 Å². The maximum atomic E-state index is 12.2. The Morgan fingerprint density at radius 1 is 1.21 bits per heavy atom. The number of anilines is 1. The molecule has 1 saturated heterocycles. The zero-order chi connectivity index (χ0) is 20.6. The molecule has 1 unspecified atom stereocenters. The van der Waals surface area contributed by atoms with Crippen LogP contribution >= 0.6 is 0 Å². The quantitative estimate of drug-likeness (QED) is 0.436. The number of benzene rings is 1. The molecule has 7 heteroatoms. The van der Waals surface area contributed by atoms with Gasteiger partial charge in [0.2, 0.25) is 5.91 Å². The van der Waals surface area contributed by atoms with E-state index in [4.69, 9.17) is 4.74 Å². The number of piperidine rings is 1. The molecule has 2 aliphatic rings. The number of likely N-dealkylation sites (tertiary alicyclic amines) is 1. The van der Waals surface area contributed by atoms with Crippen molar-refractivity contribution in [2.75, 3.05) is 32.1 Å². The molecule has 0 aromatic heterocycles. The standard InChI is InChI=1S/C22H32N4O3/c1-3-29-21(28)18-10-6-12-26(15-18)22(23-2)24-14-16-7-4-11-19(13-16)25-20(27)17-8-5-9-17/h4,7,11,13,17-18H,3,5-6,8-10,12,14-15H2,1-2H3,(H,23,24)(H,25,27). The average molecular weight is 401 g/mol. The summed E-state index contributed by atoms with van der Waals surface area (Å²) in [6, 6.07) is 7.89. The number of aliphatic imine (C=N–C) groups is 1. The summed E-state index contributed by atoms with van der Waals surface area (Å²) in [7, 11) is 1.76. The monoisotopic (exact) mass is 400 g/mol. The van der Waals surface area contributed by atoms with Crippen molar-refractivity contribution in [1.82, 2.24) is 10.2 Å². The van der Waals surface area contributed by atoms with E-state index in [2.05, 4.69) is 20.5 Å². The number of carbonyl (C=O) groups excluding carboxylic acids is 2. The summed E-state index contributed by atoms with van der Waals surface area (Å²) in [6.07, 6.45) is 4.93. The molecule has 1 aliphatic carbocycles. The van der Waals surface area contributed by atoms with Crippen molar-refractivity contribution in [3.8, 4) is 0 Å². The average Bonchev–Trinajstić information content (AvgIpc) is 2.68. The Hall–Kier alpha value is -2.57. The van der Waals surface area contributed by atoms with Gasteiger partial charge < -0.3 is 20.3 Å². The van der Waals surface area contributed by atoms with Crippen molar-refractivity contribution in [2.24, 2.45) is 16.8 Å². The minimum atomic E-state index is -0.123. The van der Waals surface area contributed by atoms with Crippen molar-refractivity contribution in [2.45, 2.75) is 45.6 Å². The van der Waals surface area contributed by atoms with Crippen LogP contribution in [0.25, 0.3) is 0 Å². The third-order valence-corrected chi connectivity index (χ3v) is 5.67. The SMILES string of the molecule is CCOC(=O)C1CCCN(C(=NC)NCc2cccc(NC(=O)C3CCC3)c2)C1. The van der Waals surface area contributed by atoms with E-state index < -0.39 is 0 Å². The topological polar surface area (TPSA) is 83.0 Å². The first-order valence-corrected chi connectivity index (χ1v) is 10.6. The Kier molecular flexibility index (Phi) is 7.49. The van der Waals surface area contributed by atoms with E-state index in [0.717, 1.165) is 55.9 Å². The van der Waals surface area contributed by atoms with Gasteiger partial charge in [0, 0.05) is 38.3 Å². The summed E-state index contributed by atoms with van der Waals surface area (Å²) in [5.41, 5.74) is 1.90. The van der Waals surface area contributed by atoms with Crippen LogP contribution in [0, 0.1) is 11.8 Å². The van der Waals surface area contributed by atoms with E-state index in [1.54, 1.807) is 7.05 Å². The third-order valence-electron chi connectivity index (χ3n) is 5.67. The second-order valence-electron chi connectivity index (χ2n) is 7.76. The maximum Gasteiger partial charge on any atom is 0.310 e. The van der Waals surface area contributed by atoms with Crippen LogP contribution < -0.4 is 10.6 Å². The molecular weight excluding hydrogens is 368 g/mol. The molecular formula is C22H32N4O3. The minimum absolute atomic E-state index is 0.104. The van der Waals surface area contributed by atoms with Gasteiger partial charge in [-0.3, -0.25) is 14.6 Å². The Morgan fingerprint density at radius 2 is 2.00 bits per heavy atom. The number of hydrogen-bond acceptors (Lipinski definition) is 4. The first-order chi connectivity index (χ1) is 14.1. The summed E-state index contributed by atoms with van der Waals surface area (Å²) >= 11 is 0. The van der Waals surface area contributed by atoms with Gasteiger partial charge in [0.15, 0.2) is 5.96 Å². The fourth-order valence-corrected chi connectivity index (χ4v) is 3.81. The van der Waals surface area contributed by atoms with Crippen molar-refractivity contribution >= 4 is 23.5 Å². The van der Waals surface area contributed by atoms with Crippen LogP contribution in [0.5, 0.6) is 0 Å². The van der Waals surface area contributed by atoms with Gasteiger partial charge in [-0.05, 0) is 50.3 Å². The third kappa shape index (κ3) is 5.71. The summed E-state index contributed by atoms with van der Waals surface area (Å²) in [6.45, 7) is 4.33. The molecule has 0 spiro atoms. The highest BCUT2D eigenvalue weighted by molar-refractivity contribution is 5.93. The van der Waals surface area contributed by atoms with Crippen molar-refractivity contribution in [3.05, 3.63) is 29.8 Å². The number of carbonyl (C=O) groups is 2. The van der Waals surface area contributed by atoms with Crippen LogP contribution in [0.3, 0.4) is 0 Å². The minimum Gasteiger partial charge on any atom is -0.466 e. The summed E-state index contributed by atoms with van der Waals surface area (Å²) in [4.78, 5) is 30.8. The van der Waals surface area contributed by atoms with Gasteiger partial charge >= 0.3 is 5.97 Å². The smallest absolute Gasteiger partial charge is 0.310 e. The van der Waals surface area contributed by atoms with Crippen molar-refractivity contribution in [1.29, 1.82) is 0 Å². The van der Waals surface area contributed by atoms with Gasteiger partial charge in [0.1, 0.15) is 0 Å². The number of rotatable bonds is 6. The molecule has 0 radical (unpaired) electrons. The number of guanidine groups is 1. The van der Waals surface area contributed by atoms with Crippen LogP contribution in [0.15, 0.2) is 29.3 Å². The van der Waals surface area contributed by atoms with Gasteiger partial charge in [0.25, 0.3) is 0 Å². The lowest BCUT2D eigenvalue weighted by atomic mass is 9.85. The number of nitrogens with one attached hydrogen (secondary N) is 2. The highest BCUT2D eigenvalue weighted by Gasteiger charge is 2.28. The number of nitrogens with zero attached hydrogens (tertiary/aromatic N) is 2. The lowest BCUT2D eigenvalue weighted by molar-refractivity contribution is -0.149. The fraction of sp³-hybridized carbons (Fsp3) is 0.591. The van der Waals surface area contributed by atoms with E-state index >= 15 is 0 Å². The Bertz CT molecular complexity index is 745. The predicted octanol–water partition coefficient (Wildman–Crippen LogP) is 2.78. The van der Waals surface area contributed by atoms with Gasteiger partial charge in [-0.25, -0.2) is 0 Å². The molecule has 1 aromatic carbocycles. The first-order valence-electron chi connectivity index (χ1n) is 10.6. The molecule has 1 heterocycles. The molecule has 1 saturated carbocycles. The summed E-state index contributed by atoms with van der Waals surface area (Å²) in [5.74, 6) is 0.843. The molecule has 0 bridgehead atoms. The van der Waals surface area contributed by atoms with E-state index in [1.165, 1.54) is 0 Å². The molecule has 1 aromatic rings. The number of amides is 1. The number of esters is 1. The van der Waals surface area contributed by atoms with Gasteiger partial charge in [0.05, 0.1) is 12.5 Å². The first kappa shape index (κ1) is 21.1. The largest absolute Gasteiger partial charge is 0.466 e. The van der Waals surface area contributed by atoms with E-state index in [-0.39, 0.29) is 23.7 Å². The number of ether oxygens (including phenoxy) is 1. The van der Waals surface area contributed by atoms with Crippen molar-refractivity contribution in [3.63, 3.8) is 0 Å². The Balaban J connectivity index is 1.54. The maximum absolute atomic E-state index is 12.2.